The van der Waals surface area contributed by atoms with E-state index in [2.05, 4.69) is 75.8 Å². The summed E-state index contributed by atoms with van der Waals surface area (Å²) in [6, 6.07) is 26.8. The van der Waals surface area contributed by atoms with Gasteiger partial charge in [-0.15, -0.1) is 47.5 Å². The van der Waals surface area contributed by atoms with Crippen LogP contribution in [0.3, 0.4) is 0 Å². The van der Waals surface area contributed by atoms with Crippen LogP contribution < -0.4 is 4.74 Å². The minimum atomic E-state index is -0.0240. The number of hydrogen-bond acceptors (Lipinski definition) is 3. The third-order valence-corrected chi connectivity index (χ3v) is 5.50. The van der Waals surface area contributed by atoms with E-state index in [1.54, 1.807) is 0 Å². The van der Waals surface area contributed by atoms with E-state index < -0.39 is 0 Å². The largest absolute Gasteiger partial charge is 2.00 e. The molecule has 0 radical (unpaired) electrons. The van der Waals surface area contributed by atoms with E-state index in [0.29, 0.717) is 11.5 Å². The molecule has 2 aromatic heterocycles. The van der Waals surface area contributed by atoms with E-state index in [9.17, 15) is 0 Å². The minimum Gasteiger partial charge on any atom is -0.497 e. The summed E-state index contributed by atoms with van der Waals surface area (Å²) in [5, 5.41) is 0. The van der Waals surface area contributed by atoms with Gasteiger partial charge in [-0.3, -0.25) is 0 Å². The second-order valence-corrected chi connectivity index (χ2v) is 10.3. The molecule has 34 heavy (non-hydrogen) atoms. The molecule has 0 unspecified atom stereocenters. The van der Waals surface area contributed by atoms with E-state index in [4.69, 9.17) is 4.74 Å². The molecule has 0 aliphatic carbocycles. The quantitative estimate of drug-likeness (QED) is 0.196. The Hall–Kier alpha value is -2.80. The predicted octanol–water partition coefficient (Wildman–Crippen LogP) is 7.80. The Kier molecular flexibility index (Phi) is 7.76. The minimum absolute atomic E-state index is 0. The number of hydrogen-bond donors (Lipinski definition) is 0. The Morgan fingerprint density at radius 3 is 1.38 bits per heavy atom. The maximum atomic E-state index is 6.19. The first-order chi connectivity index (χ1) is 15.6. The van der Waals surface area contributed by atoms with Gasteiger partial charge in [0.1, 0.15) is 0 Å². The predicted molar refractivity (Wildman–Crippen MR) is 134 cm³/mol. The monoisotopic (exact) mass is 540 g/mol. The van der Waals surface area contributed by atoms with Gasteiger partial charge in [-0.05, 0) is 34.4 Å². The zero-order valence-electron chi connectivity index (χ0n) is 20.5. The zero-order chi connectivity index (χ0) is 23.6. The van der Waals surface area contributed by atoms with Gasteiger partial charge in [0.25, 0.3) is 0 Å². The van der Waals surface area contributed by atoms with E-state index >= 15 is 0 Å². The normalized spacial score (nSPS) is 11.6. The molecule has 0 N–H and O–H groups in total. The third kappa shape index (κ3) is 5.81. The topological polar surface area (TPSA) is 35.0 Å². The summed E-state index contributed by atoms with van der Waals surface area (Å²) in [6.45, 7) is 13.2. The molecule has 0 fully saturated rings. The average molecular weight is 541 g/mol. The van der Waals surface area contributed by atoms with Crippen LogP contribution in [0.4, 0.5) is 0 Å². The van der Waals surface area contributed by atoms with Crippen LogP contribution in [0.1, 0.15) is 52.7 Å². The van der Waals surface area contributed by atoms with E-state index in [1.165, 1.54) is 11.1 Å². The number of nitrogens with zero attached hydrogens (tertiary/aromatic N) is 2. The molecule has 4 aromatic rings. The molecule has 0 saturated heterocycles. The second kappa shape index (κ2) is 10.2. The van der Waals surface area contributed by atoms with Gasteiger partial charge in [0, 0.05) is 23.9 Å². The van der Waals surface area contributed by atoms with Crippen LogP contribution >= 0.6 is 0 Å². The number of benzene rings is 2. The Balaban J connectivity index is 0.00000324. The number of rotatable bonds is 4. The Bertz CT molecular complexity index is 1170. The summed E-state index contributed by atoms with van der Waals surface area (Å²) in [4.78, 5) is 9.29. The molecule has 2 aromatic carbocycles. The molecule has 0 atom stereocenters. The van der Waals surface area contributed by atoms with E-state index in [1.807, 2.05) is 60.9 Å². The molecule has 3 nitrogen and oxygen atoms in total. The van der Waals surface area contributed by atoms with Crippen molar-refractivity contribution in [3.05, 3.63) is 96.3 Å². The van der Waals surface area contributed by atoms with Crippen LogP contribution in [-0.2, 0) is 31.3 Å². The van der Waals surface area contributed by atoms with E-state index in [-0.39, 0.29) is 31.3 Å². The van der Waals surface area contributed by atoms with Gasteiger partial charge in [-0.1, -0.05) is 76.9 Å². The van der Waals surface area contributed by atoms with Gasteiger partial charge >= 0.3 is 20.4 Å². The van der Waals surface area contributed by atoms with Crippen molar-refractivity contribution in [2.75, 3.05) is 0 Å². The number of aromatic nitrogens is 2. The molecule has 2 heterocycles. The van der Waals surface area contributed by atoms with Crippen LogP contribution in [0.25, 0.3) is 22.5 Å². The summed E-state index contributed by atoms with van der Waals surface area (Å²) >= 11 is 0. The fourth-order valence-corrected chi connectivity index (χ4v) is 3.86. The van der Waals surface area contributed by atoms with E-state index in [0.717, 1.165) is 22.5 Å². The fraction of sp³-hybridized carbons (Fsp3) is 0.267. The molecule has 0 aliphatic heterocycles. The van der Waals surface area contributed by atoms with Crippen molar-refractivity contribution in [1.82, 2.24) is 9.97 Å². The molecule has 0 aliphatic rings. The van der Waals surface area contributed by atoms with Crippen LogP contribution in [0.5, 0.6) is 11.5 Å². The summed E-state index contributed by atoms with van der Waals surface area (Å²) in [6.07, 6.45) is 3.64. The average Bonchev–Trinajstić information content (AvgIpc) is 2.78. The fourth-order valence-electron chi connectivity index (χ4n) is 3.86. The molecular weight excluding hydrogens is 511 g/mol. The Morgan fingerprint density at radius 1 is 0.588 bits per heavy atom. The van der Waals surface area contributed by atoms with Crippen molar-refractivity contribution in [3.63, 3.8) is 0 Å². The molecule has 0 saturated carbocycles. The first-order valence-corrected chi connectivity index (χ1v) is 11.3. The van der Waals surface area contributed by atoms with Crippen LogP contribution in [0.2, 0.25) is 0 Å². The first-order valence-electron chi connectivity index (χ1n) is 11.3. The van der Waals surface area contributed by atoms with Crippen molar-refractivity contribution in [1.29, 1.82) is 0 Å². The van der Waals surface area contributed by atoms with Gasteiger partial charge in [0.2, 0.25) is 0 Å². The maximum absolute atomic E-state index is 6.19. The van der Waals surface area contributed by atoms with Crippen LogP contribution in [0, 0.1) is 12.1 Å². The van der Waals surface area contributed by atoms with Crippen LogP contribution in [0.15, 0.2) is 73.1 Å². The second-order valence-electron chi connectivity index (χ2n) is 10.3. The SMILES string of the molecule is CC(C)(C)c1cccnc1-c1[c-]c(Oc2[c-]c(-c3ncccc3C(C)(C)C)ccc2)ccc1.[Pd+2]. The summed E-state index contributed by atoms with van der Waals surface area (Å²) in [5.74, 6) is 1.26. The van der Waals surface area contributed by atoms with Gasteiger partial charge in [0.05, 0.1) is 0 Å². The Morgan fingerprint density at radius 2 is 1.00 bits per heavy atom. The van der Waals surface area contributed by atoms with Crippen molar-refractivity contribution >= 4 is 0 Å². The summed E-state index contributed by atoms with van der Waals surface area (Å²) in [7, 11) is 0. The van der Waals surface area contributed by atoms with Gasteiger partial charge in [-0.2, -0.15) is 0 Å². The van der Waals surface area contributed by atoms with Gasteiger partial charge < -0.3 is 14.7 Å². The summed E-state index contributed by atoms with van der Waals surface area (Å²) in [5.41, 5.74) is 5.98. The third-order valence-electron chi connectivity index (χ3n) is 5.50. The number of pyridine rings is 2. The molecule has 4 rings (SSSR count). The molecule has 0 spiro atoms. The molecule has 176 valence electrons. The Labute approximate surface area is 217 Å². The maximum Gasteiger partial charge on any atom is 2.00 e. The van der Waals surface area contributed by atoms with Gasteiger partial charge in [0.15, 0.2) is 0 Å². The molecule has 0 bridgehead atoms. The van der Waals surface area contributed by atoms with Crippen molar-refractivity contribution in [2.24, 2.45) is 0 Å². The van der Waals surface area contributed by atoms with Crippen LogP contribution in [-0.4, -0.2) is 9.97 Å². The standard InChI is InChI=1S/C30H30N2O.Pd/c1-29(2,3)25-15-9-17-31-27(25)21-11-7-13-23(19-21)33-24-14-8-12-22(20-24)28-26(30(4,5)6)16-10-18-32-28;/h7-18H,1-6H3;/q-2;+2. The number of ether oxygens (including phenoxy) is 1. The van der Waals surface area contributed by atoms with Gasteiger partial charge in [-0.25, -0.2) is 0 Å². The van der Waals surface area contributed by atoms with Crippen molar-refractivity contribution < 1.29 is 25.2 Å². The smallest absolute Gasteiger partial charge is 0.497 e. The van der Waals surface area contributed by atoms with Crippen molar-refractivity contribution in [2.45, 2.75) is 52.4 Å². The summed E-state index contributed by atoms with van der Waals surface area (Å²) < 4.78 is 6.19. The molecule has 0 amide bonds. The molecular formula is C30H30N2OPd. The molecule has 4 heteroatoms. The van der Waals surface area contributed by atoms with Crippen molar-refractivity contribution in [3.8, 4) is 34.0 Å². The first kappa shape index (κ1) is 25.8. The zero-order valence-corrected chi connectivity index (χ0v) is 22.1.